The molecule has 2 fully saturated rings. The van der Waals surface area contributed by atoms with Gasteiger partial charge in [0.2, 0.25) is 5.89 Å². The van der Waals surface area contributed by atoms with Gasteiger partial charge in [-0.1, -0.05) is 31.0 Å². The Morgan fingerprint density at radius 3 is 2.65 bits per heavy atom. The molecule has 6 heteroatoms. The molecular formula is C17H17N3O3. The molecule has 0 unspecified atom stereocenters. The molecule has 1 N–H and O–H groups in total. The summed E-state index contributed by atoms with van der Waals surface area (Å²) in [4.78, 5) is 30.4. The van der Waals surface area contributed by atoms with Crippen molar-refractivity contribution < 1.29 is 14.0 Å². The van der Waals surface area contributed by atoms with Gasteiger partial charge in [-0.05, 0) is 25.0 Å². The summed E-state index contributed by atoms with van der Waals surface area (Å²) in [6.45, 7) is 0.142. The molecule has 118 valence electrons. The van der Waals surface area contributed by atoms with Crippen LogP contribution in [0.15, 0.2) is 41.0 Å². The molecule has 1 spiro atoms. The van der Waals surface area contributed by atoms with E-state index in [1.165, 1.54) is 11.2 Å². The van der Waals surface area contributed by atoms with Crippen LogP contribution >= 0.6 is 0 Å². The van der Waals surface area contributed by atoms with Crippen molar-refractivity contribution >= 4 is 11.9 Å². The lowest BCUT2D eigenvalue weighted by Gasteiger charge is -2.19. The van der Waals surface area contributed by atoms with Crippen molar-refractivity contribution in [1.29, 1.82) is 0 Å². The van der Waals surface area contributed by atoms with E-state index in [4.69, 9.17) is 4.42 Å². The number of nitrogens with zero attached hydrogens (tertiary/aromatic N) is 2. The predicted molar refractivity (Wildman–Crippen MR) is 82.2 cm³/mol. The van der Waals surface area contributed by atoms with Crippen LogP contribution in [0.2, 0.25) is 0 Å². The zero-order valence-corrected chi connectivity index (χ0v) is 12.6. The molecule has 1 aromatic heterocycles. The third-order valence-electron chi connectivity index (χ3n) is 4.60. The Morgan fingerprint density at radius 1 is 1.17 bits per heavy atom. The van der Waals surface area contributed by atoms with E-state index in [0.29, 0.717) is 11.6 Å². The molecule has 2 aliphatic rings. The van der Waals surface area contributed by atoms with Gasteiger partial charge in [-0.3, -0.25) is 9.69 Å². The third-order valence-corrected chi connectivity index (χ3v) is 4.60. The summed E-state index contributed by atoms with van der Waals surface area (Å²) in [6, 6.07) is 9.19. The number of benzene rings is 1. The first-order valence-electron chi connectivity index (χ1n) is 7.82. The Labute approximate surface area is 133 Å². The molecule has 2 heterocycles. The molecule has 1 aliphatic heterocycles. The monoisotopic (exact) mass is 311 g/mol. The largest absolute Gasteiger partial charge is 0.444 e. The van der Waals surface area contributed by atoms with E-state index in [1.54, 1.807) is 0 Å². The quantitative estimate of drug-likeness (QED) is 0.884. The number of carbonyl (C=O) groups is 2. The minimum Gasteiger partial charge on any atom is -0.444 e. The minimum atomic E-state index is -0.678. The number of aromatic nitrogens is 1. The van der Waals surface area contributed by atoms with Crippen LogP contribution in [0.25, 0.3) is 11.5 Å². The van der Waals surface area contributed by atoms with Crippen molar-refractivity contribution in [2.24, 2.45) is 0 Å². The molecule has 1 saturated carbocycles. The van der Waals surface area contributed by atoms with Gasteiger partial charge in [-0.25, -0.2) is 9.78 Å². The van der Waals surface area contributed by atoms with Gasteiger partial charge in [0, 0.05) is 5.56 Å². The zero-order chi connectivity index (χ0) is 15.9. The van der Waals surface area contributed by atoms with Crippen molar-refractivity contribution in [2.45, 2.75) is 37.8 Å². The van der Waals surface area contributed by atoms with Crippen LogP contribution in [-0.4, -0.2) is 27.4 Å². The van der Waals surface area contributed by atoms with Gasteiger partial charge in [-0.15, -0.1) is 0 Å². The molecular weight excluding hydrogens is 294 g/mol. The van der Waals surface area contributed by atoms with E-state index in [-0.39, 0.29) is 18.5 Å². The average Bonchev–Trinajstić information content (AvgIpc) is 3.27. The SMILES string of the molecule is O=C1NC2(CCCC2)C(=O)N1Cc1coc(-c2ccccc2)n1. The Balaban J connectivity index is 1.54. The lowest BCUT2D eigenvalue weighted by molar-refractivity contribution is -0.131. The molecule has 1 saturated heterocycles. The number of oxazole rings is 1. The van der Waals surface area contributed by atoms with Crippen LogP contribution in [-0.2, 0) is 11.3 Å². The maximum absolute atomic E-state index is 12.6. The van der Waals surface area contributed by atoms with Crippen LogP contribution in [0, 0.1) is 0 Å². The Hall–Kier alpha value is -2.63. The zero-order valence-electron chi connectivity index (χ0n) is 12.6. The van der Waals surface area contributed by atoms with Crippen LogP contribution in [0.3, 0.4) is 0 Å². The maximum atomic E-state index is 12.6. The Kier molecular flexibility index (Phi) is 3.18. The van der Waals surface area contributed by atoms with Gasteiger partial charge in [0.25, 0.3) is 5.91 Å². The number of urea groups is 1. The van der Waals surface area contributed by atoms with E-state index in [9.17, 15) is 9.59 Å². The van der Waals surface area contributed by atoms with Crippen molar-refractivity contribution in [3.63, 3.8) is 0 Å². The summed E-state index contributed by atoms with van der Waals surface area (Å²) in [6.07, 6.45) is 4.90. The van der Waals surface area contributed by atoms with Gasteiger partial charge in [0.1, 0.15) is 11.8 Å². The molecule has 0 atom stereocenters. The highest BCUT2D eigenvalue weighted by molar-refractivity contribution is 6.07. The molecule has 1 aliphatic carbocycles. The van der Waals surface area contributed by atoms with Crippen molar-refractivity contribution in [2.75, 3.05) is 0 Å². The average molecular weight is 311 g/mol. The second-order valence-corrected chi connectivity index (χ2v) is 6.12. The van der Waals surface area contributed by atoms with Crippen molar-refractivity contribution in [1.82, 2.24) is 15.2 Å². The number of hydrogen-bond acceptors (Lipinski definition) is 4. The lowest BCUT2D eigenvalue weighted by atomic mass is 9.98. The lowest BCUT2D eigenvalue weighted by Crippen LogP contribution is -2.44. The predicted octanol–water partition coefficient (Wildman–Crippen LogP) is 2.71. The van der Waals surface area contributed by atoms with Gasteiger partial charge in [0.15, 0.2) is 0 Å². The molecule has 1 aromatic carbocycles. The normalized spacial score (nSPS) is 19.6. The van der Waals surface area contributed by atoms with E-state index in [0.717, 1.165) is 31.2 Å². The third kappa shape index (κ3) is 2.30. The Bertz CT molecular complexity index is 747. The summed E-state index contributed by atoms with van der Waals surface area (Å²) >= 11 is 0. The van der Waals surface area contributed by atoms with Crippen LogP contribution < -0.4 is 5.32 Å². The van der Waals surface area contributed by atoms with Gasteiger partial charge < -0.3 is 9.73 Å². The van der Waals surface area contributed by atoms with Crippen LogP contribution in [0.4, 0.5) is 4.79 Å². The van der Waals surface area contributed by atoms with Crippen molar-refractivity contribution in [3.05, 3.63) is 42.3 Å². The van der Waals surface area contributed by atoms with Crippen LogP contribution in [0.1, 0.15) is 31.4 Å². The van der Waals surface area contributed by atoms with Gasteiger partial charge >= 0.3 is 6.03 Å². The summed E-state index contributed by atoms with van der Waals surface area (Å²) in [5, 5.41) is 2.87. The van der Waals surface area contributed by atoms with Gasteiger partial charge in [-0.2, -0.15) is 0 Å². The summed E-state index contributed by atoms with van der Waals surface area (Å²) in [5.74, 6) is 0.354. The van der Waals surface area contributed by atoms with E-state index in [1.807, 2.05) is 30.3 Å². The Morgan fingerprint density at radius 2 is 1.91 bits per heavy atom. The number of imide groups is 1. The summed E-state index contributed by atoms with van der Waals surface area (Å²) in [7, 11) is 0. The molecule has 3 amide bonds. The minimum absolute atomic E-state index is 0.135. The first kappa shape index (κ1) is 14.0. The maximum Gasteiger partial charge on any atom is 0.325 e. The smallest absolute Gasteiger partial charge is 0.325 e. The number of amides is 3. The van der Waals surface area contributed by atoms with Gasteiger partial charge in [0.05, 0.1) is 12.2 Å². The first-order valence-corrected chi connectivity index (χ1v) is 7.82. The van der Waals surface area contributed by atoms with E-state index in [2.05, 4.69) is 10.3 Å². The highest BCUT2D eigenvalue weighted by Gasteiger charge is 2.52. The summed E-state index contributed by atoms with van der Waals surface area (Å²) < 4.78 is 5.47. The number of nitrogens with one attached hydrogen (secondary N) is 1. The summed E-state index contributed by atoms with van der Waals surface area (Å²) in [5.41, 5.74) is 0.758. The van der Waals surface area contributed by atoms with E-state index >= 15 is 0 Å². The second-order valence-electron chi connectivity index (χ2n) is 6.12. The van der Waals surface area contributed by atoms with Crippen LogP contribution in [0.5, 0.6) is 0 Å². The fraction of sp³-hybridized carbons (Fsp3) is 0.353. The molecule has 4 rings (SSSR count). The van der Waals surface area contributed by atoms with E-state index < -0.39 is 5.54 Å². The second kappa shape index (κ2) is 5.22. The topological polar surface area (TPSA) is 75.4 Å². The number of rotatable bonds is 3. The fourth-order valence-corrected chi connectivity index (χ4v) is 3.39. The number of hydrogen-bond donors (Lipinski definition) is 1. The molecule has 6 nitrogen and oxygen atoms in total. The highest BCUT2D eigenvalue weighted by atomic mass is 16.3. The molecule has 0 bridgehead atoms. The number of carbonyl (C=O) groups excluding carboxylic acids is 2. The molecule has 23 heavy (non-hydrogen) atoms. The molecule has 0 radical (unpaired) electrons. The fourth-order valence-electron chi connectivity index (χ4n) is 3.39. The standard InChI is InChI=1S/C17H17N3O3/c21-15-17(8-4-5-9-17)19-16(22)20(15)10-13-11-23-14(18-13)12-6-2-1-3-7-12/h1-3,6-7,11H,4-5,8-10H2,(H,19,22). The highest BCUT2D eigenvalue weighted by Crippen LogP contribution is 2.35. The first-order chi connectivity index (χ1) is 11.2. The van der Waals surface area contributed by atoms with Crippen molar-refractivity contribution in [3.8, 4) is 11.5 Å². The molecule has 2 aromatic rings.